The van der Waals surface area contributed by atoms with Gasteiger partial charge in [0.05, 0.1) is 17.3 Å². The molecule has 4 rings (SSSR count). The molecule has 0 bridgehead atoms. The van der Waals surface area contributed by atoms with Crippen molar-refractivity contribution in [2.24, 2.45) is 5.92 Å². The van der Waals surface area contributed by atoms with E-state index in [4.69, 9.17) is 8.94 Å². The first-order valence-electron chi connectivity index (χ1n) is 8.21. The number of nitrogens with zero attached hydrogens (tertiary/aromatic N) is 4. The third kappa shape index (κ3) is 4.77. The van der Waals surface area contributed by atoms with E-state index < -0.39 is 9.84 Å². The average Bonchev–Trinajstić information content (AvgIpc) is 3.34. The van der Waals surface area contributed by atoms with E-state index in [9.17, 15) is 8.42 Å². The van der Waals surface area contributed by atoms with Crippen LogP contribution in [0.25, 0.3) is 11.4 Å². The molecule has 11 heteroatoms. The number of rotatable bonds is 6. The maximum Gasteiger partial charge on any atom is 0.277 e. The molecule has 1 aliphatic heterocycles. The van der Waals surface area contributed by atoms with Crippen molar-refractivity contribution in [1.29, 1.82) is 0 Å². The Morgan fingerprint density at radius 3 is 2.93 bits per heavy atom. The fraction of sp³-hybridized carbons (Fsp3) is 0.375. The predicted molar refractivity (Wildman–Crippen MR) is 102 cm³/mol. The summed E-state index contributed by atoms with van der Waals surface area (Å²) in [6.07, 6.45) is 1.13. The molecular formula is C16H15BrN4O4S2. The normalized spacial score (nSPS) is 18.8. The van der Waals surface area contributed by atoms with Crippen molar-refractivity contribution in [3.8, 4) is 11.4 Å². The summed E-state index contributed by atoms with van der Waals surface area (Å²) in [6.45, 7) is 0. The molecule has 0 radical (unpaired) electrons. The second-order valence-corrected chi connectivity index (χ2v) is 10.3. The van der Waals surface area contributed by atoms with Gasteiger partial charge in [-0.3, -0.25) is 0 Å². The zero-order chi connectivity index (χ0) is 18.9. The van der Waals surface area contributed by atoms with Crippen molar-refractivity contribution in [2.75, 3.05) is 11.5 Å². The highest BCUT2D eigenvalue weighted by atomic mass is 79.9. The van der Waals surface area contributed by atoms with E-state index in [-0.39, 0.29) is 17.4 Å². The Kier molecular flexibility index (Phi) is 5.33. The molecule has 3 heterocycles. The van der Waals surface area contributed by atoms with Gasteiger partial charge < -0.3 is 8.94 Å². The molecule has 0 spiro atoms. The lowest BCUT2D eigenvalue weighted by Gasteiger charge is -2.01. The first kappa shape index (κ1) is 18.6. The second kappa shape index (κ2) is 7.72. The Hall–Kier alpha value is -1.72. The number of hydrogen-bond acceptors (Lipinski definition) is 9. The first-order valence-corrected chi connectivity index (χ1v) is 11.8. The molecule has 142 valence electrons. The van der Waals surface area contributed by atoms with Crippen LogP contribution < -0.4 is 0 Å². The summed E-state index contributed by atoms with van der Waals surface area (Å²) >= 11 is 4.72. The second-order valence-electron chi connectivity index (χ2n) is 6.25. The van der Waals surface area contributed by atoms with Gasteiger partial charge in [0.2, 0.25) is 17.6 Å². The standard InChI is InChI=1S/C16H15BrN4O4S2/c17-12-3-1-2-11(7-12)15-18-14(25-21-15)8-26-16-20-19-13(24-16)6-10-4-5-27(22,23)9-10/h1-3,7,10H,4-6,8-9H2/t10-/m0/s1. The molecule has 1 saturated heterocycles. The summed E-state index contributed by atoms with van der Waals surface area (Å²) in [6, 6.07) is 7.64. The number of hydrogen-bond donors (Lipinski definition) is 0. The summed E-state index contributed by atoms with van der Waals surface area (Å²) in [5.41, 5.74) is 0.857. The highest BCUT2D eigenvalue weighted by Gasteiger charge is 2.29. The summed E-state index contributed by atoms with van der Waals surface area (Å²) in [4.78, 5) is 4.37. The maximum absolute atomic E-state index is 11.5. The molecule has 0 N–H and O–H groups in total. The molecule has 1 atom stereocenters. The van der Waals surface area contributed by atoms with E-state index in [2.05, 4.69) is 36.3 Å². The smallest absolute Gasteiger partial charge is 0.277 e. The largest absolute Gasteiger partial charge is 0.416 e. The molecule has 0 saturated carbocycles. The molecule has 1 aromatic carbocycles. The van der Waals surface area contributed by atoms with Gasteiger partial charge in [0.15, 0.2) is 9.84 Å². The van der Waals surface area contributed by atoms with Gasteiger partial charge in [-0.2, -0.15) is 4.98 Å². The first-order chi connectivity index (χ1) is 13.0. The minimum Gasteiger partial charge on any atom is -0.416 e. The van der Waals surface area contributed by atoms with Crippen molar-refractivity contribution < 1.29 is 17.4 Å². The number of thioether (sulfide) groups is 1. The third-order valence-corrected chi connectivity index (χ3v) is 7.24. The van der Waals surface area contributed by atoms with Crippen LogP contribution >= 0.6 is 27.7 Å². The molecule has 2 aromatic heterocycles. The van der Waals surface area contributed by atoms with Gasteiger partial charge in [-0.05, 0) is 24.5 Å². The van der Waals surface area contributed by atoms with E-state index in [0.717, 1.165) is 10.0 Å². The molecule has 27 heavy (non-hydrogen) atoms. The molecule has 3 aromatic rings. The molecule has 0 aliphatic carbocycles. The van der Waals surface area contributed by atoms with E-state index in [1.54, 1.807) is 0 Å². The Morgan fingerprint density at radius 2 is 2.15 bits per heavy atom. The summed E-state index contributed by atoms with van der Waals surface area (Å²) in [5.74, 6) is 2.32. The lowest BCUT2D eigenvalue weighted by molar-refractivity contribution is 0.383. The highest BCUT2D eigenvalue weighted by Crippen LogP contribution is 2.26. The molecule has 0 unspecified atom stereocenters. The minimum atomic E-state index is -2.90. The van der Waals surface area contributed by atoms with Crippen LogP contribution in [0.3, 0.4) is 0 Å². The predicted octanol–water partition coefficient (Wildman–Crippen LogP) is 3.15. The van der Waals surface area contributed by atoms with Crippen LogP contribution in [0, 0.1) is 5.92 Å². The summed E-state index contributed by atoms with van der Waals surface area (Å²) in [5, 5.41) is 12.4. The fourth-order valence-corrected chi connectivity index (χ4v) is 5.72. The topological polar surface area (TPSA) is 112 Å². The van der Waals surface area contributed by atoms with Crippen molar-refractivity contribution in [1.82, 2.24) is 20.3 Å². The van der Waals surface area contributed by atoms with E-state index in [1.165, 1.54) is 11.8 Å². The third-order valence-electron chi connectivity index (χ3n) is 4.11. The van der Waals surface area contributed by atoms with Crippen molar-refractivity contribution in [2.45, 2.75) is 23.8 Å². The van der Waals surface area contributed by atoms with Gasteiger partial charge in [0.25, 0.3) is 5.22 Å². The lowest BCUT2D eigenvalue weighted by Crippen LogP contribution is -2.07. The zero-order valence-electron chi connectivity index (χ0n) is 14.0. The summed E-state index contributed by atoms with van der Waals surface area (Å²) < 4.78 is 34.8. The van der Waals surface area contributed by atoms with E-state index in [0.29, 0.717) is 41.4 Å². The lowest BCUT2D eigenvalue weighted by atomic mass is 10.1. The van der Waals surface area contributed by atoms with Gasteiger partial charge in [0, 0.05) is 16.5 Å². The zero-order valence-corrected chi connectivity index (χ0v) is 17.3. The van der Waals surface area contributed by atoms with Crippen LogP contribution in [-0.4, -0.2) is 40.3 Å². The fourth-order valence-electron chi connectivity index (χ4n) is 2.84. The Morgan fingerprint density at radius 1 is 1.26 bits per heavy atom. The molecule has 1 fully saturated rings. The van der Waals surface area contributed by atoms with Crippen molar-refractivity contribution >= 4 is 37.5 Å². The Bertz CT molecular complexity index is 1050. The van der Waals surface area contributed by atoms with Gasteiger partial charge >= 0.3 is 0 Å². The number of benzene rings is 1. The quantitative estimate of drug-likeness (QED) is 0.501. The van der Waals surface area contributed by atoms with E-state index >= 15 is 0 Å². The summed E-state index contributed by atoms with van der Waals surface area (Å²) in [7, 11) is -2.90. The molecular weight excluding hydrogens is 456 g/mol. The SMILES string of the molecule is O=S1(=O)CC[C@@H](Cc2nnc(SCc3nc(-c4cccc(Br)c4)no3)o2)C1. The van der Waals surface area contributed by atoms with E-state index in [1.807, 2.05) is 24.3 Å². The highest BCUT2D eigenvalue weighted by molar-refractivity contribution is 9.10. The monoisotopic (exact) mass is 470 g/mol. The van der Waals surface area contributed by atoms with Crippen LogP contribution in [0.5, 0.6) is 0 Å². The van der Waals surface area contributed by atoms with Crippen LogP contribution in [0.15, 0.2) is 42.9 Å². The Balaban J connectivity index is 1.34. The number of aromatic nitrogens is 4. The van der Waals surface area contributed by atoms with Gasteiger partial charge in [-0.25, -0.2) is 8.42 Å². The Labute approximate surface area is 168 Å². The molecule has 8 nitrogen and oxygen atoms in total. The van der Waals surface area contributed by atoms with Crippen molar-refractivity contribution in [3.05, 3.63) is 40.5 Å². The number of sulfone groups is 1. The average molecular weight is 471 g/mol. The van der Waals surface area contributed by atoms with Gasteiger partial charge in [0.1, 0.15) is 0 Å². The molecule has 0 amide bonds. The van der Waals surface area contributed by atoms with Crippen molar-refractivity contribution in [3.63, 3.8) is 0 Å². The molecule has 1 aliphatic rings. The number of halogens is 1. The van der Waals surface area contributed by atoms with Gasteiger partial charge in [-0.1, -0.05) is 45.0 Å². The van der Waals surface area contributed by atoms with Crippen LogP contribution in [0.2, 0.25) is 0 Å². The van der Waals surface area contributed by atoms with Gasteiger partial charge in [-0.15, -0.1) is 10.2 Å². The maximum atomic E-state index is 11.5. The van der Waals surface area contributed by atoms with Crippen LogP contribution in [-0.2, 0) is 22.0 Å². The minimum absolute atomic E-state index is 0.0528. The van der Waals surface area contributed by atoms with Crippen LogP contribution in [0.1, 0.15) is 18.2 Å². The van der Waals surface area contributed by atoms with Crippen LogP contribution in [0.4, 0.5) is 0 Å².